The summed E-state index contributed by atoms with van der Waals surface area (Å²) in [4.78, 5) is 10.9. The summed E-state index contributed by atoms with van der Waals surface area (Å²) < 4.78 is 0.324. The van der Waals surface area contributed by atoms with Gasteiger partial charge in [0.25, 0.3) is 0 Å². The summed E-state index contributed by atoms with van der Waals surface area (Å²) in [5, 5.41) is 18.8. The Balaban J connectivity index is 3.22. The maximum atomic E-state index is 10.9. The van der Waals surface area contributed by atoms with Crippen LogP contribution in [0.2, 0.25) is 0 Å². The van der Waals surface area contributed by atoms with Crippen molar-refractivity contribution < 1.29 is 15.0 Å². The molecule has 1 rings (SSSR count). The van der Waals surface area contributed by atoms with E-state index >= 15 is 0 Å². The number of rotatable bonds is 4. The standard InChI is InChI=1S/C12H14BrNO3/c1-6(2)3-10(14)8-4-7(12(16)17)5-9(13)11(8)15/h4-5,10,15H,1,3,14H2,2H3,(H,16,17)/t10-/m1/s1. The van der Waals surface area contributed by atoms with Gasteiger partial charge in [0.1, 0.15) is 5.75 Å². The van der Waals surface area contributed by atoms with Crippen LogP contribution in [0.3, 0.4) is 0 Å². The van der Waals surface area contributed by atoms with Crippen molar-refractivity contribution in [2.45, 2.75) is 19.4 Å². The number of phenolic OH excluding ortho intramolecular Hbond substituents is 1. The monoisotopic (exact) mass is 299 g/mol. The number of phenols is 1. The van der Waals surface area contributed by atoms with Gasteiger partial charge < -0.3 is 15.9 Å². The molecule has 0 unspecified atom stereocenters. The lowest BCUT2D eigenvalue weighted by molar-refractivity contribution is 0.0696. The highest BCUT2D eigenvalue weighted by atomic mass is 79.9. The molecule has 0 aliphatic heterocycles. The molecule has 0 amide bonds. The molecule has 0 fully saturated rings. The minimum Gasteiger partial charge on any atom is -0.506 e. The van der Waals surface area contributed by atoms with Gasteiger partial charge in [0.15, 0.2) is 0 Å². The summed E-state index contributed by atoms with van der Waals surface area (Å²) in [6.07, 6.45) is 0.489. The van der Waals surface area contributed by atoms with Gasteiger partial charge in [-0.3, -0.25) is 0 Å². The molecule has 1 aromatic carbocycles. The molecule has 0 aliphatic carbocycles. The van der Waals surface area contributed by atoms with Crippen LogP contribution in [0, 0.1) is 0 Å². The topological polar surface area (TPSA) is 83.6 Å². The third kappa shape index (κ3) is 3.31. The van der Waals surface area contributed by atoms with Gasteiger partial charge in [-0.1, -0.05) is 5.57 Å². The van der Waals surface area contributed by atoms with Crippen LogP contribution in [0.1, 0.15) is 35.3 Å². The van der Waals surface area contributed by atoms with Crippen LogP contribution in [0.5, 0.6) is 5.75 Å². The van der Waals surface area contributed by atoms with E-state index in [9.17, 15) is 9.90 Å². The third-order valence-corrected chi connectivity index (χ3v) is 2.91. The Bertz CT molecular complexity index is 471. The van der Waals surface area contributed by atoms with Crippen LogP contribution in [0.25, 0.3) is 0 Å². The predicted molar refractivity (Wildman–Crippen MR) is 69.1 cm³/mol. The molecule has 1 aromatic rings. The van der Waals surface area contributed by atoms with E-state index < -0.39 is 12.0 Å². The lowest BCUT2D eigenvalue weighted by atomic mass is 9.98. The molecule has 0 saturated heterocycles. The van der Waals surface area contributed by atoms with E-state index in [1.165, 1.54) is 12.1 Å². The molecular formula is C12H14BrNO3. The highest BCUT2D eigenvalue weighted by molar-refractivity contribution is 9.10. The Morgan fingerprint density at radius 2 is 2.18 bits per heavy atom. The Labute approximate surface area is 108 Å². The van der Waals surface area contributed by atoms with Crippen LogP contribution in [-0.4, -0.2) is 16.2 Å². The van der Waals surface area contributed by atoms with Crippen molar-refractivity contribution in [2.24, 2.45) is 5.73 Å². The molecule has 0 saturated carbocycles. The summed E-state index contributed by atoms with van der Waals surface area (Å²) in [7, 11) is 0. The van der Waals surface area contributed by atoms with Crippen molar-refractivity contribution in [1.29, 1.82) is 0 Å². The fraction of sp³-hybridized carbons (Fsp3) is 0.250. The van der Waals surface area contributed by atoms with E-state index in [4.69, 9.17) is 10.8 Å². The van der Waals surface area contributed by atoms with Gasteiger partial charge in [0, 0.05) is 11.6 Å². The third-order valence-electron chi connectivity index (χ3n) is 2.31. The highest BCUT2D eigenvalue weighted by Gasteiger charge is 2.17. The van der Waals surface area contributed by atoms with Crippen molar-refractivity contribution in [3.63, 3.8) is 0 Å². The van der Waals surface area contributed by atoms with Gasteiger partial charge in [0.05, 0.1) is 10.0 Å². The van der Waals surface area contributed by atoms with Crippen molar-refractivity contribution in [2.75, 3.05) is 0 Å². The summed E-state index contributed by atoms with van der Waals surface area (Å²) in [6.45, 7) is 5.57. The molecule has 1 atom stereocenters. The summed E-state index contributed by atoms with van der Waals surface area (Å²) >= 11 is 3.11. The van der Waals surface area contributed by atoms with Crippen molar-refractivity contribution in [3.05, 3.63) is 39.9 Å². The van der Waals surface area contributed by atoms with Gasteiger partial charge in [-0.2, -0.15) is 0 Å². The zero-order chi connectivity index (χ0) is 13.2. The fourth-order valence-corrected chi connectivity index (χ4v) is 1.99. The number of halogens is 1. The lowest BCUT2D eigenvalue weighted by Gasteiger charge is -2.15. The Kier molecular flexibility index (Phi) is 4.31. The minimum atomic E-state index is -1.06. The van der Waals surface area contributed by atoms with Crippen LogP contribution in [0.15, 0.2) is 28.8 Å². The number of aromatic carboxylic acids is 1. The second kappa shape index (κ2) is 5.33. The second-order valence-corrected chi connectivity index (χ2v) is 4.82. The summed E-state index contributed by atoms with van der Waals surface area (Å²) in [5.74, 6) is -1.08. The van der Waals surface area contributed by atoms with E-state index in [0.29, 0.717) is 16.5 Å². The molecule has 0 bridgehead atoms. The normalized spacial score (nSPS) is 12.2. The Morgan fingerprint density at radius 1 is 1.59 bits per heavy atom. The number of benzene rings is 1. The molecule has 0 radical (unpaired) electrons. The Hall–Kier alpha value is -1.33. The number of carboxylic acids is 1. The van der Waals surface area contributed by atoms with Gasteiger partial charge >= 0.3 is 5.97 Å². The average molecular weight is 300 g/mol. The molecule has 92 valence electrons. The highest BCUT2D eigenvalue weighted by Crippen LogP contribution is 2.34. The number of hydrogen-bond donors (Lipinski definition) is 3. The molecule has 4 N–H and O–H groups in total. The largest absolute Gasteiger partial charge is 0.506 e. The number of nitrogens with two attached hydrogens (primary N) is 1. The number of carboxylic acid groups (broad SMARTS) is 1. The number of carbonyl (C=O) groups is 1. The molecule has 0 aromatic heterocycles. The number of aromatic hydroxyl groups is 1. The summed E-state index contributed by atoms with van der Waals surface area (Å²) in [5.41, 5.74) is 7.26. The van der Waals surface area contributed by atoms with E-state index in [2.05, 4.69) is 22.5 Å². The van der Waals surface area contributed by atoms with E-state index in [1.54, 1.807) is 0 Å². The molecule has 0 aliphatic rings. The first kappa shape index (κ1) is 13.7. The first-order valence-corrected chi connectivity index (χ1v) is 5.78. The van der Waals surface area contributed by atoms with E-state index in [1.807, 2.05) is 6.92 Å². The predicted octanol–water partition coefficient (Wildman–Crippen LogP) is 2.82. The molecule has 0 heterocycles. The van der Waals surface area contributed by atoms with Crippen LogP contribution in [0.4, 0.5) is 0 Å². The van der Waals surface area contributed by atoms with Crippen molar-refractivity contribution in [1.82, 2.24) is 0 Å². The zero-order valence-corrected chi connectivity index (χ0v) is 11.0. The second-order valence-electron chi connectivity index (χ2n) is 3.97. The maximum Gasteiger partial charge on any atom is 0.335 e. The smallest absolute Gasteiger partial charge is 0.335 e. The van der Waals surface area contributed by atoms with Gasteiger partial charge in [-0.15, -0.1) is 6.58 Å². The van der Waals surface area contributed by atoms with Crippen molar-refractivity contribution in [3.8, 4) is 5.75 Å². The zero-order valence-electron chi connectivity index (χ0n) is 9.40. The maximum absolute atomic E-state index is 10.9. The van der Waals surface area contributed by atoms with Gasteiger partial charge in [-0.05, 0) is 41.4 Å². The molecule has 4 nitrogen and oxygen atoms in total. The average Bonchev–Trinajstić information content (AvgIpc) is 2.20. The lowest BCUT2D eigenvalue weighted by Crippen LogP contribution is -2.12. The van der Waals surface area contributed by atoms with E-state index in [0.717, 1.165) is 5.57 Å². The molecule has 0 spiro atoms. The van der Waals surface area contributed by atoms with Gasteiger partial charge in [0.2, 0.25) is 0 Å². The SMILES string of the molecule is C=C(C)C[C@@H](N)c1cc(C(=O)O)cc(Br)c1O. The molecule has 17 heavy (non-hydrogen) atoms. The first-order valence-electron chi connectivity index (χ1n) is 4.98. The van der Waals surface area contributed by atoms with Gasteiger partial charge in [-0.25, -0.2) is 4.79 Å². The first-order chi connectivity index (χ1) is 7.82. The van der Waals surface area contributed by atoms with Crippen molar-refractivity contribution >= 4 is 21.9 Å². The van der Waals surface area contributed by atoms with E-state index in [-0.39, 0.29) is 11.3 Å². The van der Waals surface area contributed by atoms with Crippen LogP contribution >= 0.6 is 15.9 Å². The fourth-order valence-electron chi connectivity index (χ4n) is 1.51. The molecule has 5 heteroatoms. The summed E-state index contributed by atoms with van der Waals surface area (Å²) in [6, 6.07) is 2.26. The Morgan fingerprint density at radius 3 is 2.65 bits per heavy atom. The number of hydrogen-bond acceptors (Lipinski definition) is 3. The molecular weight excluding hydrogens is 286 g/mol. The van der Waals surface area contributed by atoms with Crippen LogP contribution < -0.4 is 5.73 Å². The minimum absolute atomic E-state index is 0.0243. The quantitative estimate of drug-likeness (QED) is 0.747. The van der Waals surface area contributed by atoms with Crippen LogP contribution in [-0.2, 0) is 0 Å².